The lowest BCUT2D eigenvalue weighted by atomic mass is 9.98. The zero-order valence-corrected chi connectivity index (χ0v) is 11.1. The number of carbonyl (C=O) groups excluding carboxylic acids is 1. The molecule has 1 amide bonds. The molecule has 3 heteroatoms. The molecule has 102 valence electrons. The molecule has 0 spiro atoms. The fourth-order valence-corrected chi connectivity index (χ4v) is 2.61. The van der Waals surface area contributed by atoms with Gasteiger partial charge >= 0.3 is 0 Å². The molecule has 3 nitrogen and oxygen atoms in total. The standard InChI is InChI=1S/C17H17NO2/c19-16-11-10-15(18-16)17(20)14-8-6-13(7-9-14)12-4-2-1-3-5-12/h1-9,15,17,20H,10-11H2,(H,18,19). The van der Waals surface area contributed by atoms with Crippen LogP contribution in [0.15, 0.2) is 54.6 Å². The van der Waals surface area contributed by atoms with Crippen LogP contribution in [-0.2, 0) is 4.79 Å². The first-order valence-electron chi connectivity index (χ1n) is 6.87. The molecule has 2 aromatic carbocycles. The van der Waals surface area contributed by atoms with E-state index in [2.05, 4.69) is 17.4 Å². The summed E-state index contributed by atoms with van der Waals surface area (Å²) in [6.45, 7) is 0. The molecule has 0 aliphatic carbocycles. The highest BCUT2D eigenvalue weighted by Gasteiger charge is 2.28. The van der Waals surface area contributed by atoms with Crippen LogP contribution in [0.2, 0.25) is 0 Å². The maximum absolute atomic E-state index is 11.2. The Hall–Kier alpha value is -2.13. The average molecular weight is 267 g/mol. The summed E-state index contributed by atoms with van der Waals surface area (Å²) in [4.78, 5) is 11.2. The molecule has 1 aliphatic heterocycles. The summed E-state index contributed by atoms with van der Waals surface area (Å²) in [6.07, 6.45) is 0.566. The lowest BCUT2D eigenvalue weighted by Crippen LogP contribution is -2.31. The van der Waals surface area contributed by atoms with Crippen LogP contribution in [0.3, 0.4) is 0 Å². The van der Waals surface area contributed by atoms with Crippen LogP contribution >= 0.6 is 0 Å². The fraction of sp³-hybridized carbons (Fsp3) is 0.235. The molecule has 0 saturated carbocycles. The summed E-state index contributed by atoms with van der Waals surface area (Å²) in [7, 11) is 0. The van der Waals surface area contributed by atoms with Gasteiger partial charge in [0, 0.05) is 6.42 Å². The molecule has 2 N–H and O–H groups in total. The van der Waals surface area contributed by atoms with Crippen molar-refractivity contribution in [2.75, 3.05) is 0 Å². The van der Waals surface area contributed by atoms with Crippen LogP contribution < -0.4 is 5.32 Å². The zero-order chi connectivity index (χ0) is 13.9. The van der Waals surface area contributed by atoms with E-state index in [-0.39, 0.29) is 11.9 Å². The van der Waals surface area contributed by atoms with Crippen molar-refractivity contribution in [1.29, 1.82) is 0 Å². The second-order valence-electron chi connectivity index (χ2n) is 5.15. The van der Waals surface area contributed by atoms with Crippen LogP contribution in [0.1, 0.15) is 24.5 Å². The predicted molar refractivity (Wildman–Crippen MR) is 78.0 cm³/mol. The second-order valence-corrected chi connectivity index (χ2v) is 5.15. The third kappa shape index (κ3) is 2.58. The molecule has 20 heavy (non-hydrogen) atoms. The van der Waals surface area contributed by atoms with Crippen molar-refractivity contribution in [3.8, 4) is 11.1 Å². The highest BCUT2D eigenvalue weighted by Crippen LogP contribution is 2.26. The van der Waals surface area contributed by atoms with Crippen LogP contribution in [0.25, 0.3) is 11.1 Å². The summed E-state index contributed by atoms with van der Waals surface area (Å²) >= 11 is 0. The topological polar surface area (TPSA) is 49.3 Å². The van der Waals surface area contributed by atoms with E-state index >= 15 is 0 Å². The van der Waals surface area contributed by atoms with Gasteiger partial charge in [0.2, 0.25) is 5.91 Å². The summed E-state index contributed by atoms with van der Waals surface area (Å²) in [6, 6.07) is 17.8. The van der Waals surface area contributed by atoms with Crippen molar-refractivity contribution in [3.63, 3.8) is 0 Å². The van der Waals surface area contributed by atoms with Gasteiger partial charge in [-0.1, -0.05) is 54.6 Å². The molecular formula is C17H17NO2. The first-order valence-corrected chi connectivity index (χ1v) is 6.87. The highest BCUT2D eigenvalue weighted by molar-refractivity contribution is 5.78. The number of aliphatic hydroxyl groups is 1. The van der Waals surface area contributed by atoms with Crippen molar-refractivity contribution in [2.24, 2.45) is 0 Å². The first kappa shape index (κ1) is 12.9. The van der Waals surface area contributed by atoms with Gasteiger partial charge in [-0.3, -0.25) is 4.79 Å². The van der Waals surface area contributed by atoms with Crippen molar-refractivity contribution >= 4 is 5.91 Å². The molecule has 2 aromatic rings. The highest BCUT2D eigenvalue weighted by atomic mass is 16.3. The Kier molecular flexibility index (Phi) is 3.52. The molecule has 3 rings (SSSR count). The minimum Gasteiger partial charge on any atom is -0.386 e. The average Bonchev–Trinajstić information content (AvgIpc) is 2.94. The maximum Gasteiger partial charge on any atom is 0.220 e. The van der Waals surface area contributed by atoms with Gasteiger partial charge in [0.05, 0.1) is 12.1 Å². The van der Waals surface area contributed by atoms with Gasteiger partial charge in [0.1, 0.15) is 0 Å². The van der Waals surface area contributed by atoms with Crippen molar-refractivity contribution in [3.05, 3.63) is 60.2 Å². The molecule has 0 aromatic heterocycles. The number of carbonyl (C=O) groups is 1. The molecular weight excluding hydrogens is 250 g/mol. The number of rotatable bonds is 3. The SMILES string of the molecule is O=C1CCC(C(O)c2ccc(-c3ccccc3)cc2)N1. The van der Waals surface area contributed by atoms with E-state index < -0.39 is 6.10 Å². The molecule has 0 bridgehead atoms. The molecule has 1 saturated heterocycles. The van der Waals surface area contributed by atoms with E-state index in [0.717, 1.165) is 16.7 Å². The lowest BCUT2D eigenvalue weighted by molar-refractivity contribution is -0.119. The smallest absolute Gasteiger partial charge is 0.220 e. The number of hydrogen-bond donors (Lipinski definition) is 2. The quantitative estimate of drug-likeness (QED) is 0.898. The van der Waals surface area contributed by atoms with E-state index in [1.165, 1.54) is 0 Å². The molecule has 2 unspecified atom stereocenters. The molecule has 2 atom stereocenters. The molecule has 1 aliphatic rings. The third-order valence-corrected chi connectivity index (χ3v) is 3.77. The number of aliphatic hydroxyl groups excluding tert-OH is 1. The van der Waals surface area contributed by atoms with E-state index in [1.807, 2.05) is 42.5 Å². The van der Waals surface area contributed by atoms with Gasteiger partial charge in [-0.2, -0.15) is 0 Å². The number of benzene rings is 2. The monoisotopic (exact) mass is 267 g/mol. The van der Waals surface area contributed by atoms with Crippen LogP contribution in [0, 0.1) is 0 Å². The van der Waals surface area contributed by atoms with Crippen molar-refractivity contribution < 1.29 is 9.90 Å². The van der Waals surface area contributed by atoms with Crippen LogP contribution in [-0.4, -0.2) is 17.1 Å². The first-order chi connectivity index (χ1) is 9.74. The molecule has 1 heterocycles. The predicted octanol–water partition coefficient (Wildman–Crippen LogP) is 2.67. The molecule has 1 fully saturated rings. The Morgan fingerprint density at radius 2 is 1.65 bits per heavy atom. The zero-order valence-electron chi connectivity index (χ0n) is 11.1. The Labute approximate surface area is 118 Å². The Bertz CT molecular complexity index is 592. The maximum atomic E-state index is 11.2. The van der Waals surface area contributed by atoms with Gasteiger partial charge in [-0.05, 0) is 23.1 Å². The second kappa shape index (κ2) is 5.47. The number of hydrogen-bond acceptors (Lipinski definition) is 2. The Morgan fingerprint density at radius 3 is 2.25 bits per heavy atom. The minimum atomic E-state index is -0.633. The van der Waals surface area contributed by atoms with Gasteiger partial charge in [-0.25, -0.2) is 0 Å². The van der Waals surface area contributed by atoms with Gasteiger partial charge in [-0.15, -0.1) is 0 Å². The van der Waals surface area contributed by atoms with Crippen molar-refractivity contribution in [1.82, 2.24) is 5.32 Å². The van der Waals surface area contributed by atoms with Crippen molar-refractivity contribution in [2.45, 2.75) is 25.0 Å². The Balaban J connectivity index is 1.78. The van der Waals surface area contributed by atoms with E-state index in [0.29, 0.717) is 12.8 Å². The summed E-state index contributed by atoms with van der Waals surface area (Å²) in [5.41, 5.74) is 3.12. The molecule has 0 radical (unpaired) electrons. The summed E-state index contributed by atoms with van der Waals surface area (Å²) < 4.78 is 0. The normalized spacial score (nSPS) is 19.6. The van der Waals surface area contributed by atoms with Crippen LogP contribution in [0.5, 0.6) is 0 Å². The summed E-state index contributed by atoms with van der Waals surface area (Å²) in [5, 5.41) is 13.1. The lowest BCUT2D eigenvalue weighted by Gasteiger charge is -2.18. The number of nitrogens with one attached hydrogen (secondary N) is 1. The van der Waals surface area contributed by atoms with E-state index in [1.54, 1.807) is 0 Å². The largest absolute Gasteiger partial charge is 0.386 e. The van der Waals surface area contributed by atoms with Gasteiger partial charge in [0.25, 0.3) is 0 Å². The number of amides is 1. The Morgan fingerprint density at radius 1 is 1.00 bits per heavy atom. The van der Waals surface area contributed by atoms with Gasteiger partial charge in [0.15, 0.2) is 0 Å². The minimum absolute atomic E-state index is 0.0231. The van der Waals surface area contributed by atoms with E-state index in [9.17, 15) is 9.90 Å². The van der Waals surface area contributed by atoms with Crippen LogP contribution in [0.4, 0.5) is 0 Å². The van der Waals surface area contributed by atoms with E-state index in [4.69, 9.17) is 0 Å². The van der Waals surface area contributed by atoms with Gasteiger partial charge < -0.3 is 10.4 Å². The fourth-order valence-electron chi connectivity index (χ4n) is 2.61. The summed E-state index contributed by atoms with van der Waals surface area (Å²) in [5.74, 6) is 0.0231. The third-order valence-electron chi connectivity index (χ3n) is 3.77.